The SMILES string of the molecule is N#CC(CN=[N+]=[N-])Nc1ccccc1Cl. The normalized spacial score (nSPS) is 10.9. The highest BCUT2D eigenvalue weighted by atomic mass is 35.5. The second kappa shape index (κ2) is 5.76. The van der Waals surface area contributed by atoms with Crippen molar-refractivity contribution in [3.8, 4) is 6.07 Å². The van der Waals surface area contributed by atoms with Crippen LogP contribution in [0.3, 0.4) is 0 Å². The van der Waals surface area contributed by atoms with Crippen molar-refractivity contribution >= 4 is 17.3 Å². The third kappa shape index (κ3) is 3.39. The van der Waals surface area contributed by atoms with Crippen LogP contribution in [0, 0.1) is 11.3 Å². The van der Waals surface area contributed by atoms with Crippen LogP contribution in [0.5, 0.6) is 0 Å². The van der Waals surface area contributed by atoms with Crippen molar-refractivity contribution in [1.82, 2.24) is 0 Å². The second-order valence-electron chi connectivity index (χ2n) is 2.72. The lowest BCUT2D eigenvalue weighted by Crippen LogP contribution is -2.20. The Kier molecular flexibility index (Phi) is 4.30. The van der Waals surface area contributed by atoms with Crippen LogP contribution in [0.25, 0.3) is 10.4 Å². The van der Waals surface area contributed by atoms with Gasteiger partial charge >= 0.3 is 0 Å². The molecule has 0 saturated carbocycles. The third-order valence-electron chi connectivity index (χ3n) is 1.69. The van der Waals surface area contributed by atoms with Crippen LogP contribution in [-0.4, -0.2) is 12.6 Å². The highest BCUT2D eigenvalue weighted by Crippen LogP contribution is 2.21. The Labute approximate surface area is 91.9 Å². The van der Waals surface area contributed by atoms with E-state index in [0.29, 0.717) is 10.7 Å². The monoisotopic (exact) mass is 221 g/mol. The lowest BCUT2D eigenvalue weighted by molar-refractivity contribution is 0.880. The van der Waals surface area contributed by atoms with Gasteiger partial charge < -0.3 is 5.32 Å². The standard InChI is InChI=1S/C9H8ClN5/c10-8-3-1-2-4-9(8)14-7(5-11)6-13-15-12/h1-4,7,14H,6H2. The number of azide groups is 1. The van der Waals surface area contributed by atoms with Crippen molar-refractivity contribution in [2.24, 2.45) is 5.11 Å². The number of nitrogens with one attached hydrogen (secondary N) is 1. The largest absolute Gasteiger partial charge is 0.369 e. The zero-order chi connectivity index (χ0) is 11.1. The fourth-order valence-electron chi connectivity index (χ4n) is 1.00. The minimum atomic E-state index is -0.569. The summed E-state index contributed by atoms with van der Waals surface area (Å²) in [6.45, 7) is 0.0677. The van der Waals surface area contributed by atoms with Gasteiger partial charge in [-0.1, -0.05) is 28.8 Å². The maximum Gasteiger partial charge on any atom is 0.120 e. The quantitative estimate of drug-likeness (QED) is 0.482. The van der Waals surface area contributed by atoms with Crippen molar-refractivity contribution in [2.75, 3.05) is 11.9 Å². The van der Waals surface area contributed by atoms with Gasteiger partial charge in [-0.05, 0) is 17.7 Å². The first-order valence-electron chi connectivity index (χ1n) is 4.19. The fourth-order valence-corrected chi connectivity index (χ4v) is 1.19. The van der Waals surface area contributed by atoms with Gasteiger partial charge in [-0.25, -0.2) is 0 Å². The fraction of sp³-hybridized carbons (Fsp3) is 0.222. The first kappa shape index (κ1) is 11.2. The van der Waals surface area contributed by atoms with Gasteiger partial charge in [0, 0.05) is 4.91 Å². The van der Waals surface area contributed by atoms with E-state index in [9.17, 15) is 0 Å². The van der Waals surface area contributed by atoms with Gasteiger partial charge in [-0.2, -0.15) is 5.26 Å². The average molecular weight is 222 g/mol. The van der Waals surface area contributed by atoms with Crippen LogP contribution in [-0.2, 0) is 0 Å². The molecule has 0 aliphatic carbocycles. The van der Waals surface area contributed by atoms with Crippen LogP contribution in [0.2, 0.25) is 5.02 Å². The van der Waals surface area contributed by atoms with Gasteiger partial charge in [0.05, 0.1) is 23.3 Å². The van der Waals surface area contributed by atoms with E-state index in [-0.39, 0.29) is 6.54 Å². The first-order valence-corrected chi connectivity index (χ1v) is 4.57. The maximum atomic E-state index is 8.77. The number of nitriles is 1. The summed E-state index contributed by atoms with van der Waals surface area (Å²) in [5.41, 5.74) is 8.78. The number of anilines is 1. The van der Waals surface area contributed by atoms with E-state index in [2.05, 4.69) is 15.3 Å². The van der Waals surface area contributed by atoms with E-state index in [1.807, 2.05) is 6.07 Å². The number of hydrogen-bond donors (Lipinski definition) is 1. The smallest absolute Gasteiger partial charge is 0.120 e. The zero-order valence-corrected chi connectivity index (χ0v) is 8.52. The number of para-hydroxylation sites is 1. The molecule has 0 bridgehead atoms. The van der Waals surface area contributed by atoms with Crippen LogP contribution in [0.4, 0.5) is 5.69 Å². The van der Waals surface area contributed by atoms with Gasteiger partial charge in [-0.15, -0.1) is 0 Å². The van der Waals surface area contributed by atoms with E-state index in [1.165, 1.54) is 0 Å². The Morgan fingerprint density at radius 1 is 1.60 bits per heavy atom. The van der Waals surface area contributed by atoms with Gasteiger partial charge in [-0.3, -0.25) is 0 Å². The highest BCUT2D eigenvalue weighted by Gasteiger charge is 2.07. The summed E-state index contributed by atoms with van der Waals surface area (Å²) in [6.07, 6.45) is 0. The number of hydrogen-bond acceptors (Lipinski definition) is 3. The summed E-state index contributed by atoms with van der Waals surface area (Å²) in [5, 5.41) is 15.5. The molecule has 5 nitrogen and oxygen atoms in total. The lowest BCUT2D eigenvalue weighted by atomic mass is 10.2. The average Bonchev–Trinajstić information content (AvgIpc) is 2.26. The number of benzene rings is 1. The van der Waals surface area contributed by atoms with Crippen LogP contribution >= 0.6 is 11.6 Å². The van der Waals surface area contributed by atoms with Crippen LogP contribution in [0.15, 0.2) is 29.4 Å². The van der Waals surface area contributed by atoms with E-state index < -0.39 is 6.04 Å². The van der Waals surface area contributed by atoms with Gasteiger partial charge in [0.25, 0.3) is 0 Å². The van der Waals surface area contributed by atoms with Crippen molar-refractivity contribution in [3.05, 3.63) is 39.7 Å². The van der Waals surface area contributed by atoms with E-state index in [1.54, 1.807) is 24.3 Å². The molecule has 0 radical (unpaired) electrons. The predicted molar refractivity (Wildman–Crippen MR) is 58.5 cm³/mol. The molecular formula is C9H8ClN5. The Morgan fingerprint density at radius 3 is 2.93 bits per heavy atom. The van der Waals surface area contributed by atoms with Crippen molar-refractivity contribution in [2.45, 2.75) is 6.04 Å². The summed E-state index contributed by atoms with van der Waals surface area (Å²) in [6, 6.07) is 8.47. The topological polar surface area (TPSA) is 84.6 Å². The van der Waals surface area contributed by atoms with E-state index in [4.69, 9.17) is 22.4 Å². The summed E-state index contributed by atoms with van der Waals surface area (Å²) in [4.78, 5) is 2.59. The Hall–Kier alpha value is -1.89. The number of nitrogens with zero attached hydrogens (tertiary/aromatic N) is 4. The molecule has 0 amide bonds. The molecule has 76 valence electrons. The van der Waals surface area contributed by atoms with Crippen molar-refractivity contribution in [1.29, 1.82) is 5.26 Å². The number of halogens is 1. The lowest BCUT2D eigenvalue weighted by Gasteiger charge is -2.11. The summed E-state index contributed by atoms with van der Waals surface area (Å²) in [7, 11) is 0. The Bertz CT molecular complexity index is 419. The Balaban J connectivity index is 2.72. The van der Waals surface area contributed by atoms with Gasteiger partial charge in [0.2, 0.25) is 0 Å². The maximum absolute atomic E-state index is 8.77. The molecular weight excluding hydrogens is 214 g/mol. The highest BCUT2D eigenvalue weighted by molar-refractivity contribution is 6.33. The van der Waals surface area contributed by atoms with E-state index in [0.717, 1.165) is 0 Å². The molecule has 1 N–H and O–H groups in total. The summed E-state index contributed by atoms with van der Waals surface area (Å²) >= 11 is 5.88. The molecule has 0 aliphatic heterocycles. The molecule has 6 heteroatoms. The molecule has 1 aromatic carbocycles. The molecule has 0 heterocycles. The second-order valence-corrected chi connectivity index (χ2v) is 3.13. The molecule has 1 unspecified atom stereocenters. The molecule has 0 spiro atoms. The molecule has 0 fully saturated rings. The first-order chi connectivity index (χ1) is 7.27. The van der Waals surface area contributed by atoms with Crippen LogP contribution < -0.4 is 5.32 Å². The van der Waals surface area contributed by atoms with Crippen LogP contribution in [0.1, 0.15) is 0 Å². The van der Waals surface area contributed by atoms with E-state index >= 15 is 0 Å². The van der Waals surface area contributed by atoms with Gasteiger partial charge in [0.1, 0.15) is 6.04 Å². The molecule has 0 aromatic heterocycles. The molecule has 15 heavy (non-hydrogen) atoms. The zero-order valence-electron chi connectivity index (χ0n) is 7.76. The van der Waals surface area contributed by atoms with Crippen molar-refractivity contribution < 1.29 is 0 Å². The summed E-state index contributed by atoms with van der Waals surface area (Å²) in [5.74, 6) is 0. The van der Waals surface area contributed by atoms with Crippen molar-refractivity contribution in [3.63, 3.8) is 0 Å². The molecule has 1 aromatic rings. The molecule has 0 saturated heterocycles. The van der Waals surface area contributed by atoms with Gasteiger partial charge in [0.15, 0.2) is 0 Å². The molecule has 0 aliphatic rings. The third-order valence-corrected chi connectivity index (χ3v) is 2.02. The number of rotatable bonds is 4. The summed E-state index contributed by atoms with van der Waals surface area (Å²) < 4.78 is 0. The predicted octanol–water partition coefficient (Wildman–Crippen LogP) is 2.95. The minimum Gasteiger partial charge on any atom is -0.369 e. The molecule has 1 atom stereocenters. The molecule has 1 rings (SSSR count). The minimum absolute atomic E-state index is 0.0677. The Morgan fingerprint density at radius 2 is 2.33 bits per heavy atom.